The number of aromatic carboxylic acids is 1. The van der Waals surface area contributed by atoms with Crippen LogP contribution in [0.15, 0.2) is 36.5 Å². The zero-order valence-electron chi connectivity index (χ0n) is 11.8. The normalized spacial score (nSPS) is 11.8. The minimum atomic E-state index is -4.86. The van der Waals surface area contributed by atoms with E-state index in [-0.39, 0.29) is 5.69 Å². The lowest BCUT2D eigenvalue weighted by molar-refractivity contribution is -0.143. The van der Waals surface area contributed by atoms with Crippen molar-refractivity contribution in [3.63, 3.8) is 0 Å². The molecule has 0 fully saturated rings. The molecule has 0 radical (unpaired) electrons. The highest BCUT2D eigenvalue weighted by Gasteiger charge is 2.40. The Morgan fingerprint density at radius 1 is 1.22 bits per heavy atom. The Balaban J connectivity index is 2.34. The number of hydrogen-bond acceptors (Lipinski definition) is 3. The number of carboxylic acids is 1. The Hall–Kier alpha value is -2.90. The van der Waals surface area contributed by atoms with E-state index in [9.17, 15) is 18.0 Å². The highest BCUT2D eigenvalue weighted by atomic mass is 19.4. The molecule has 0 aliphatic carbocycles. The van der Waals surface area contributed by atoms with Crippen LogP contribution in [0.25, 0.3) is 16.6 Å². The summed E-state index contributed by atoms with van der Waals surface area (Å²) in [6.45, 7) is 1.77. The number of alkyl halides is 3. The maximum absolute atomic E-state index is 13.3. The van der Waals surface area contributed by atoms with Crippen molar-refractivity contribution in [2.75, 3.05) is 0 Å². The molecule has 8 heteroatoms. The summed E-state index contributed by atoms with van der Waals surface area (Å²) in [6.07, 6.45) is -4.16. The molecule has 0 bridgehead atoms. The minimum Gasteiger partial charge on any atom is -0.478 e. The Morgan fingerprint density at radius 2 is 1.96 bits per heavy atom. The lowest BCUT2D eigenvalue weighted by Gasteiger charge is -2.13. The van der Waals surface area contributed by atoms with Crippen molar-refractivity contribution in [1.82, 2.24) is 14.8 Å². The SMILES string of the molecule is Cc1ccc2c(-n3ncc(C(=O)O)c3C(F)(F)F)cccc2n1. The van der Waals surface area contributed by atoms with E-state index in [0.29, 0.717) is 21.8 Å². The molecular formula is C15H10F3N3O2. The highest BCUT2D eigenvalue weighted by Crippen LogP contribution is 2.35. The second-order valence-electron chi connectivity index (χ2n) is 4.92. The minimum absolute atomic E-state index is 0.120. The van der Waals surface area contributed by atoms with Crippen molar-refractivity contribution in [2.24, 2.45) is 0 Å². The molecule has 2 aromatic heterocycles. The number of halogens is 3. The number of nitrogens with zero attached hydrogens (tertiary/aromatic N) is 3. The van der Waals surface area contributed by atoms with E-state index in [2.05, 4.69) is 10.1 Å². The predicted molar refractivity (Wildman–Crippen MR) is 75.6 cm³/mol. The van der Waals surface area contributed by atoms with E-state index >= 15 is 0 Å². The van der Waals surface area contributed by atoms with Crippen molar-refractivity contribution in [1.29, 1.82) is 0 Å². The fraction of sp³-hybridized carbons (Fsp3) is 0.133. The van der Waals surface area contributed by atoms with Gasteiger partial charge in [-0.15, -0.1) is 0 Å². The van der Waals surface area contributed by atoms with Crippen LogP contribution in [0.2, 0.25) is 0 Å². The number of carbonyl (C=O) groups is 1. The third-order valence-corrected chi connectivity index (χ3v) is 3.34. The summed E-state index contributed by atoms with van der Waals surface area (Å²) in [5, 5.41) is 13.1. The van der Waals surface area contributed by atoms with E-state index in [1.165, 1.54) is 6.07 Å². The Labute approximate surface area is 128 Å². The van der Waals surface area contributed by atoms with Gasteiger partial charge in [0.2, 0.25) is 0 Å². The fourth-order valence-corrected chi connectivity index (χ4v) is 2.39. The maximum atomic E-state index is 13.3. The van der Waals surface area contributed by atoms with Crippen molar-refractivity contribution < 1.29 is 23.1 Å². The van der Waals surface area contributed by atoms with Crippen molar-refractivity contribution >= 4 is 16.9 Å². The second kappa shape index (κ2) is 5.08. The van der Waals surface area contributed by atoms with Gasteiger partial charge in [0.1, 0.15) is 5.56 Å². The van der Waals surface area contributed by atoms with Crippen LogP contribution in [0.3, 0.4) is 0 Å². The third-order valence-electron chi connectivity index (χ3n) is 3.34. The zero-order chi connectivity index (χ0) is 16.8. The predicted octanol–water partition coefficient (Wildman–Crippen LogP) is 3.45. The molecule has 5 nitrogen and oxygen atoms in total. The van der Waals surface area contributed by atoms with Gasteiger partial charge in [-0.25, -0.2) is 9.48 Å². The molecule has 3 rings (SSSR count). The van der Waals surface area contributed by atoms with Gasteiger partial charge in [-0.1, -0.05) is 6.07 Å². The summed E-state index contributed by atoms with van der Waals surface area (Å²) < 4.78 is 40.5. The molecule has 3 aromatic rings. The molecule has 0 unspecified atom stereocenters. The number of pyridine rings is 1. The molecule has 0 saturated carbocycles. The highest BCUT2D eigenvalue weighted by molar-refractivity contribution is 5.91. The van der Waals surface area contributed by atoms with Gasteiger partial charge in [-0.2, -0.15) is 18.3 Å². The molecular weight excluding hydrogens is 311 g/mol. The van der Waals surface area contributed by atoms with Crippen LogP contribution in [0.1, 0.15) is 21.7 Å². The Bertz CT molecular complexity index is 916. The lowest BCUT2D eigenvalue weighted by Crippen LogP contribution is -2.17. The van der Waals surface area contributed by atoms with Crippen LogP contribution in [0, 0.1) is 6.92 Å². The van der Waals surface area contributed by atoms with Gasteiger partial charge >= 0.3 is 12.1 Å². The molecule has 0 aliphatic heterocycles. The monoisotopic (exact) mass is 321 g/mol. The average molecular weight is 321 g/mol. The van der Waals surface area contributed by atoms with Gasteiger partial charge in [0.05, 0.1) is 17.4 Å². The molecule has 0 saturated heterocycles. The molecule has 1 N–H and O–H groups in total. The van der Waals surface area contributed by atoms with Gasteiger partial charge in [0.25, 0.3) is 0 Å². The molecule has 118 valence electrons. The average Bonchev–Trinajstić information content (AvgIpc) is 2.91. The van der Waals surface area contributed by atoms with E-state index in [4.69, 9.17) is 5.11 Å². The largest absolute Gasteiger partial charge is 0.478 e. The van der Waals surface area contributed by atoms with Crippen molar-refractivity contribution in [3.05, 3.63) is 53.5 Å². The van der Waals surface area contributed by atoms with E-state index in [1.807, 2.05) is 0 Å². The molecule has 2 heterocycles. The van der Waals surface area contributed by atoms with Gasteiger partial charge in [0, 0.05) is 11.1 Å². The summed E-state index contributed by atoms with van der Waals surface area (Å²) in [5.41, 5.74) is -0.872. The quantitative estimate of drug-likeness (QED) is 0.785. The number of aryl methyl sites for hydroxylation is 1. The first-order chi connectivity index (χ1) is 10.8. The molecule has 23 heavy (non-hydrogen) atoms. The molecule has 0 amide bonds. The standard InChI is InChI=1S/C15H10F3N3O2/c1-8-5-6-9-11(20-8)3-2-4-12(9)21-13(15(16,17)18)10(7-19-21)14(22)23/h2-7H,1H3,(H,22,23). The number of aromatic nitrogens is 3. The Kier molecular flexibility index (Phi) is 3.32. The van der Waals surface area contributed by atoms with Crippen molar-refractivity contribution in [2.45, 2.75) is 13.1 Å². The van der Waals surface area contributed by atoms with E-state index < -0.39 is 23.4 Å². The van der Waals surface area contributed by atoms with Gasteiger partial charge < -0.3 is 5.11 Å². The first-order valence-electron chi connectivity index (χ1n) is 6.54. The van der Waals surface area contributed by atoms with Crippen LogP contribution in [-0.4, -0.2) is 25.8 Å². The number of benzene rings is 1. The van der Waals surface area contributed by atoms with Crippen LogP contribution < -0.4 is 0 Å². The number of fused-ring (bicyclic) bond motifs is 1. The number of carboxylic acid groups (broad SMARTS) is 1. The van der Waals surface area contributed by atoms with Crippen LogP contribution in [0.4, 0.5) is 13.2 Å². The lowest BCUT2D eigenvalue weighted by atomic mass is 10.1. The fourth-order valence-electron chi connectivity index (χ4n) is 2.39. The second-order valence-corrected chi connectivity index (χ2v) is 4.92. The maximum Gasteiger partial charge on any atom is 0.434 e. The van der Waals surface area contributed by atoms with Crippen molar-refractivity contribution in [3.8, 4) is 5.69 Å². The number of rotatable bonds is 2. The van der Waals surface area contributed by atoms with E-state index in [1.54, 1.807) is 31.2 Å². The first-order valence-corrected chi connectivity index (χ1v) is 6.54. The molecule has 0 atom stereocenters. The molecule has 1 aromatic carbocycles. The summed E-state index contributed by atoms with van der Waals surface area (Å²) in [6, 6.07) is 7.95. The zero-order valence-corrected chi connectivity index (χ0v) is 11.8. The molecule has 0 aliphatic rings. The van der Waals surface area contributed by atoms with Gasteiger partial charge in [0.15, 0.2) is 5.69 Å². The van der Waals surface area contributed by atoms with Crippen LogP contribution in [0.5, 0.6) is 0 Å². The smallest absolute Gasteiger partial charge is 0.434 e. The summed E-state index contributed by atoms with van der Waals surface area (Å²) >= 11 is 0. The topological polar surface area (TPSA) is 68.0 Å². The van der Waals surface area contributed by atoms with Crippen LogP contribution in [-0.2, 0) is 6.18 Å². The first kappa shape index (κ1) is 15.0. The summed E-state index contributed by atoms with van der Waals surface area (Å²) in [7, 11) is 0. The Morgan fingerprint density at radius 3 is 2.61 bits per heavy atom. The van der Waals surface area contributed by atoms with Crippen LogP contribution >= 0.6 is 0 Å². The van der Waals surface area contributed by atoms with Gasteiger partial charge in [-0.3, -0.25) is 4.98 Å². The number of hydrogen-bond donors (Lipinski definition) is 1. The molecule has 0 spiro atoms. The third kappa shape index (κ3) is 2.52. The van der Waals surface area contributed by atoms with E-state index in [0.717, 1.165) is 5.69 Å². The van der Waals surface area contributed by atoms with Gasteiger partial charge in [-0.05, 0) is 31.2 Å². The summed E-state index contributed by atoms with van der Waals surface area (Å²) in [4.78, 5) is 15.3. The summed E-state index contributed by atoms with van der Waals surface area (Å²) in [5.74, 6) is -1.68.